The fraction of sp³-hybridized carbons (Fsp3) is 0.839. The lowest BCUT2D eigenvalue weighted by Crippen LogP contribution is -2.42. The maximum Gasteiger partial charge on any atom is 0.333 e. The van der Waals surface area contributed by atoms with E-state index >= 15 is 0 Å². The van der Waals surface area contributed by atoms with Crippen molar-refractivity contribution in [2.24, 2.45) is 107 Å². The molecule has 62 heavy (non-hydrogen) atoms. The normalized spacial score (nSPS) is 41.7. The van der Waals surface area contributed by atoms with Gasteiger partial charge in [0.1, 0.15) is 0 Å². The summed E-state index contributed by atoms with van der Waals surface area (Å²) in [6.45, 7) is 22.5. The number of hydrogen-bond donors (Lipinski definition) is 0. The van der Waals surface area contributed by atoms with Crippen molar-refractivity contribution in [3.63, 3.8) is 0 Å². The first-order valence-corrected chi connectivity index (χ1v) is 26.3. The van der Waals surface area contributed by atoms with E-state index in [0.717, 1.165) is 19.3 Å². The summed E-state index contributed by atoms with van der Waals surface area (Å²) in [5.74, 6) is 21.1. The smallest absolute Gasteiger partial charge is 0.333 e. The molecule has 0 aromatic heterocycles. The van der Waals surface area contributed by atoms with Crippen molar-refractivity contribution < 1.29 is 28.6 Å². The Morgan fingerprint density at radius 3 is 0.855 bits per heavy atom. The van der Waals surface area contributed by atoms with Gasteiger partial charge in [-0.15, -0.1) is 0 Å². The maximum absolute atomic E-state index is 10.6. The van der Waals surface area contributed by atoms with E-state index in [4.69, 9.17) is 14.2 Å². The molecule has 16 atom stereocenters. The summed E-state index contributed by atoms with van der Waals surface area (Å²) in [6.07, 6.45) is 30.1. The van der Waals surface area contributed by atoms with Gasteiger partial charge in [-0.05, 0) is 256 Å². The maximum atomic E-state index is 10.6. The van der Waals surface area contributed by atoms with Crippen LogP contribution in [-0.4, -0.2) is 37.7 Å². The summed E-state index contributed by atoms with van der Waals surface area (Å²) in [4.78, 5) is 31.7. The highest BCUT2D eigenvalue weighted by atomic mass is 16.5. The van der Waals surface area contributed by atoms with E-state index in [0.29, 0.717) is 36.5 Å². The Balaban J connectivity index is 0.000000114. The van der Waals surface area contributed by atoms with Crippen molar-refractivity contribution >= 4 is 17.9 Å². The van der Waals surface area contributed by atoms with Gasteiger partial charge in [0, 0.05) is 16.7 Å². The Morgan fingerprint density at radius 1 is 0.355 bits per heavy atom. The molecule has 0 aliphatic heterocycles. The van der Waals surface area contributed by atoms with Gasteiger partial charge >= 0.3 is 17.9 Å². The molecule has 0 N–H and O–H groups in total. The average Bonchev–Trinajstić information content (AvgIpc) is 4.09. The van der Waals surface area contributed by atoms with Crippen LogP contribution >= 0.6 is 0 Å². The first kappa shape index (κ1) is 47.6. The predicted molar refractivity (Wildman–Crippen MR) is 250 cm³/mol. The van der Waals surface area contributed by atoms with Gasteiger partial charge in [-0.2, -0.15) is 0 Å². The van der Waals surface area contributed by atoms with E-state index in [1.807, 2.05) is 20.8 Å². The summed E-state index contributed by atoms with van der Waals surface area (Å²) >= 11 is 0. The lowest BCUT2D eigenvalue weighted by Gasteiger charge is -2.49. The number of fused-ring (bicyclic) bond motifs is 26. The number of hydrogen-bond acceptors (Lipinski definition) is 6. The zero-order valence-corrected chi connectivity index (χ0v) is 40.2. The van der Waals surface area contributed by atoms with Crippen LogP contribution in [0.1, 0.15) is 170 Å². The van der Waals surface area contributed by atoms with Gasteiger partial charge in [0.2, 0.25) is 0 Å². The standard InChI is InChI=1S/C14H20.C12H18.C9H14.3C7H12O2/c1-2-8-5-7(1)13-11-6-12(14(8)13)10-4-3-9(10)11;1-2-8-5-7(1)11-9-3-4-10(6-9)12(8)11;1-2-7-5-6(1)8-3-4-9(7)8;3*1-4-5-9-7(8)6(2)3/h7-14H,1-6H2;7-12H,1-6H2;6-9H,1-5H2;3*2,4-5H2,1,3H3. The minimum atomic E-state index is -0.295. The van der Waals surface area contributed by atoms with Crippen molar-refractivity contribution in [1.29, 1.82) is 0 Å². The Morgan fingerprint density at radius 2 is 0.613 bits per heavy atom. The van der Waals surface area contributed by atoms with Crippen LogP contribution in [0, 0.1) is 107 Å². The van der Waals surface area contributed by atoms with E-state index in [2.05, 4.69) is 19.7 Å². The second-order valence-electron chi connectivity index (χ2n) is 22.8. The first-order valence-electron chi connectivity index (χ1n) is 26.3. The van der Waals surface area contributed by atoms with Crippen LogP contribution in [0.25, 0.3) is 0 Å². The van der Waals surface area contributed by atoms with E-state index in [-0.39, 0.29) is 17.9 Å². The molecule has 12 fully saturated rings. The molecular weight excluding hydrogens is 769 g/mol. The molecule has 0 amide bonds. The molecule has 12 saturated carbocycles. The fourth-order valence-electron chi connectivity index (χ4n) is 16.9. The molecule has 16 unspecified atom stereocenters. The van der Waals surface area contributed by atoms with Crippen molar-refractivity contribution in [3.8, 4) is 0 Å². The van der Waals surface area contributed by atoms with Gasteiger partial charge in [0.05, 0.1) is 19.8 Å². The molecule has 12 aliphatic rings. The van der Waals surface area contributed by atoms with E-state index in [9.17, 15) is 14.4 Å². The van der Waals surface area contributed by atoms with E-state index < -0.39 is 0 Å². The summed E-state index contributed by atoms with van der Waals surface area (Å²) < 4.78 is 14.1. The summed E-state index contributed by atoms with van der Waals surface area (Å²) in [6, 6.07) is 0. The van der Waals surface area contributed by atoms with Crippen LogP contribution in [0.3, 0.4) is 0 Å². The highest BCUT2D eigenvalue weighted by Crippen LogP contribution is 2.74. The largest absolute Gasteiger partial charge is 0.462 e. The fourth-order valence-corrected chi connectivity index (χ4v) is 16.9. The van der Waals surface area contributed by atoms with Gasteiger partial charge < -0.3 is 14.2 Å². The second kappa shape index (κ2) is 21.3. The number of esters is 3. The van der Waals surface area contributed by atoms with Gasteiger partial charge in [-0.25, -0.2) is 14.4 Å². The summed E-state index contributed by atoms with van der Waals surface area (Å²) in [5, 5.41) is 0. The third-order valence-electron chi connectivity index (χ3n) is 19.2. The van der Waals surface area contributed by atoms with Gasteiger partial charge in [-0.3, -0.25) is 0 Å². The average molecular weight is 857 g/mol. The summed E-state index contributed by atoms with van der Waals surface area (Å²) in [7, 11) is 0. The Labute approximate surface area is 378 Å². The van der Waals surface area contributed by atoms with Crippen LogP contribution in [0.5, 0.6) is 0 Å². The van der Waals surface area contributed by atoms with Crippen LogP contribution in [0.4, 0.5) is 0 Å². The minimum absolute atomic E-state index is 0.295. The van der Waals surface area contributed by atoms with Crippen molar-refractivity contribution in [2.75, 3.05) is 19.8 Å². The minimum Gasteiger partial charge on any atom is -0.462 e. The van der Waals surface area contributed by atoms with E-state index in [1.54, 1.807) is 130 Å². The number of rotatable bonds is 9. The first-order chi connectivity index (χ1) is 29.9. The molecule has 6 nitrogen and oxygen atoms in total. The molecule has 0 heterocycles. The molecule has 0 radical (unpaired) electrons. The number of carbonyl (C=O) groups excluding carboxylic acids is 3. The quantitative estimate of drug-likeness (QED) is 0.0995. The van der Waals surface area contributed by atoms with Crippen molar-refractivity contribution in [3.05, 3.63) is 36.5 Å². The monoisotopic (exact) mass is 857 g/mol. The number of carbonyl (C=O) groups is 3. The topological polar surface area (TPSA) is 78.9 Å². The van der Waals surface area contributed by atoms with Crippen LogP contribution in [-0.2, 0) is 28.6 Å². The van der Waals surface area contributed by atoms with E-state index in [1.165, 1.54) is 107 Å². The van der Waals surface area contributed by atoms with Crippen LogP contribution < -0.4 is 0 Å². The Bertz CT molecular complexity index is 1430. The molecule has 6 heteroatoms. The molecule has 12 aliphatic carbocycles. The molecule has 348 valence electrons. The zero-order chi connectivity index (χ0) is 44.2. The van der Waals surface area contributed by atoms with Gasteiger partial charge in [0.15, 0.2) is 0 Å². The van der Waals surface area contributed by atoms with Crippen LogP contribution in [0.2, 0.25) is 0 Å². The number of ether oxygens (including phenoxy) is 3. The predicted octanol–water partition coefficient (Wildman–Crippen LogP) is 13.4. The molecule has 10 bridgehead atoms. The molecular formula is C56H88O6. The Kier molecular flexibility index (Phi) is 16.3. The molecule has 0 spiro atoms. The van der Waals surface area contributed by atoms with Crippen molar-refractivity contribution in [2.45, 2.75) is 170 Å². The third kappa shape index (κ3) is 10.0. The molecule has 0 aromatic carbocycles. The van der Waals surface area contributed by atoms with Gasteiger partial charge in [0.25, 0.3) is 0 Å². The summed E-state index contributed by atoms with van der Waals surface area (Å²) in [5.41, 5.74) is 1.38. The molecule has 0 aromatic rings. The highest BCUT2D eigenvalue weighted by Gasteiger charge is 2.67. The Hall–Kier alpha value is -2.37. The zero-order valence-electron chi connectivity index (χ0n) is 40.2. The lowest BCUT2D eigenvalue weighted by molar-refractivity contribution is -0.139. The molecule has 0 saturated heterocycles. The van der Waals surface area contributed by atoms with Gasteiger partial charge in [-0.1, -0.05) is 40.5 Å². The SMILES string of the molecule is C1CC2CC1C1C3CC(C4CCC43)C21.C1CC2CC1C1C3CCC(C3)C21.C1CC2CC1C1CCC21.C=C(C)C(=O)OCCC.C=C(C)C(=O)OCCC.C=C(C)C(=O)OCCC. The van der Waals surface area contributed by atoms with Crippen molar-refractivity contribution in [1.82, 2.24) is 0 Å². The van der Waals surface area contributed by atoms with Crippen LogP contribution in [0.15, 0.2) is 36.5 Å². The highest BCUT2D eigenvalue weighted by molar-refractivity contribution is 5.87. The molecule has 12 rings (SSSR count). The lowest BCUT2D eigenvalue weighted by atomic mass is 9.56. The third-order valence-corrected chi connectivity index (χ3v) is 19.2. The second-order valence-corrected chi connectivity index (χ2v) is 22.8.